The van der Waals surface area contributed by atoms with Crippen LogP contribution in [0.3, 0.4) is 0 Å². The fraction of sp³-hybridized carbons (Fsp3) is 0.294. The summed E-state index contributed by atoms with van der Waals surface area (Å²) in [7, 11) is 0. The van der Waals surface area contributed by atoms with Gasteiger partial charge in [0.25, 0.3) is 5.91 Å². The molecule has 8 heteroatoms. The van der Waals surface area contributed by atoms with Crippen LogP contribution in [-0.4, -0.2) is 41.6 Å². The number of carbonyl (C=O) groups excluding carboxylic acids is 4. The molecule has 0 radical (unpaired) electrons. The van der Waals surface area contributed by atoms with Crippen LogP contribution < -0.4 is 5.32 Å². The minimum atomic E-state index is -0.763. The van der Waals surface area contributed by atoms with Gasteiger partial charge in [-0.2, -0.15) is 0 Å². The molecule has 0 aliphatic heterocycles. The largest absolute Gasteiger partial charge is 0.459 e. The standard InChI is InChI=1S/C17H18N2O6/c1-9-15(11(3)20)10(2)19-16(9)12(21)8-25-14(22)7-18-17(23)13-5-4-6-24-13/h4-6,19H,7-8H2,1-3H3,(H,18,23). The summed E-state index contributed by atoms with van der Waals surface area (Å²) in [4.78, 5) is 49.8. The summed E-state index contributed by atoms with van der Waals surface area (Å²) in [5.41, 5.74) is 1.80. The zero-order valence-electron chi connectivity index (χ0n) is 14.1. The molecule has 25 heavy (non-hydrogen) atoms. The van der Waals surface area contributed by atoms with Gasteiger partial charge in [-0.25, -0.2) is 0 Å². The van der Waals surface area contributed by atoms with E-state index < -0.39 is 30.8 Å². The second-order valence-corrected chi connectivity index (χ2v) is 5.43. The van der Waals surface area contributed by atoms with Crippen molar-refractivity contribution in [2.45, 2.75) is 20.8 Å². The Morgan fingerprint density at radius 1 is 1.24 bits per heavy atom. The minimum absolute atomic E-state index is 0.0677. The molecule has 1 amide bonds. The van der Waals surface area contributed by atoms with Gasteiger partial charge in [-0.1, -0.05) is 0 Å². The molecular formula is C17H18N2O6. The highest BCUT2D eigenvalue weighted by Crippen LogP contribution is 2.18. The Morgan fingerprint density at radius 2 is 1.96 bits per heavy atom. The number of aromatic nitrogens is 1. The molecule has 8 nitrogen and oxygen atoms in total. The number of ether oxygens (including phenoxy) is 1. The molecule has 0 aliphatic carbocycles. The van der Waals surface area contributed by atoms with Crippen LogP contribution in [0.2, 0.25) is 0 Å². The van der Waals surface area contributed by atoms with Gasteiger partial charge < -0.3 is 19.5 Å². The Labute approximate surface area is 143 Å². The molecule has 0 atom stereocenters. The van der Waals surface area contributed by atoms with E-state index in [0.29, 0.717) is 16.8 Å². The second kappa shape index (κ2) is 7.61. The summed E-state index contributed by atoms with van der Waals surface area (Å²) in [6.45, 7) is 3.87. The van der Waals surface area contributed by atoms with Crippen molar-refractivity contribution in [1.82, 2.24) is 10.3 Å². The fourth-order valence-electron chi connectivity index (χ4n) is 2.47. The number of amides is 1. The van der Waals surface area contributed by atoms with E-state index in [1.54, 1.807) is 19.9 Å². The Kier molecular flexibility index (Phi) is 5.53. The zero-order valence-corrected chi connectivity index (χ0v) is 14.1. The smallest absolute Gasteiger partial charge is 0.325 e. The Morgan fingerprint density at radius 3 is 2.52 bits per heavy atom. The average Bonchev–Trinajstić information content (AvgIpc) is 3.18. The van der Waals surface area contributed by atoms with Gasteiger partial charge in [0, 0.05) is 11.3 Å². The van der Waals surface area contributed by atoms with Crippen molar-refractivity contribution in [1.29, 1.82) is 0 Å². The van der Waals surface area contributed by atoms with Crippen molar-refractivity contribution in [2.75, 3.05) is 13.2 Å². The van der Waals surface area contributed by atoms with Gasteiger partial charge in [-0.3, -0.25) is 19.2 Å². The van der Waals surface area contributed by atoms with Crippen LogP contribution in [0.15, 0.2) is 22.8 Å². The summed E-state index contributed by atoms with van der Waals surface area (Å²) in [5, 5.41) is 2.32. The zero-order chi connectivity index (χ0) is 18.6. The lowest BCUT2D eigenvalue weighted by Gasteiger charge is -2.05. The SMILES string of the molecule is CC(=O)c1c(C)[nH]c(C(=O)COC(=O)CNC(=O)c2ccco2)c1C. The van der Waals surface area contributed by atoms with Crippen molar-refractivity contribution in [3.8, 4) is 0 Å². The number of nitrogens with one attached hydrogen (secondary N) is 2. The van der Waals surface area contributed by atoms with Crippen LogP contribution in [0.1, 0.15) is 49.6 Å². The molecule has 0 spiro atoms. The lowest BCUT2D eigenvalue weighted by atomic mass is 10.1. The van der Waals surface area contributed by atoms with E-state index in [1.165, 1.54) is 19.3 Å². The van der Waals surface area contributed by atoms with Gasteiger partial charge in [0.1, 0.15) is 6.54 Å². The number of hydrogen-bond donors (Lipinski definition) is 2. The molecule has 0 fully saturated rings. The van der Waals surface area contributed by atoms with Crippen LogP contribution in [-0.2, 0) is 9.53 Å². The maximum atomic E-state index is 12.2. The van der Waals surface area contributed by atoms with Crippen molar-refractivity contribution in [2.24, 2.45) is 0 Å². The second-order valence-electron chi connectivity index (χ2n) is 5.43. The number of aromatic amines is 1. The lowest BCUT2D eigenvalue weighted by Crippen LogP contribution is -2.31. The minimum Gasteiger partial charge on any atom is -0.459 e. The topological polar surface area (TPSA) is 118 Å². The molecule has 2 N–H and O–H groups in total. The number of Topliss-reactive ketones (excluding diaryl/α,β-unsaturated/α-hetero) is 2. The molecule has 0 bridgehead atoms. The lowest BCUT2D eigenvalue weighted by molar-refractivity contribution is -0.141. The molecule has 0 unspecified atom stereocenters. The third kappa shape index (κ3) is 4.23. The Bertz CT molecular complexity index is 817. The predicted octanol–water partition coefficient (Wildman–Crippen LogP) is 1.58. The highest BCUT2D eigenvalue weighted by atomic mass is 16.5. The number of ketones is 2. The van der Waals surface area contributed by atoms with E-state index in [9.17, 15) is 19.2 Å². The molecule has 132 valence electrons. The quantitative estimate of drug-likeness (QED) is 0.580. The average molecular weight is 346 g/mol. The molecular weight excluding hydrogens is 328 g/mol. The summed E-state index contributed by atoms with van der Waals surface area (Å²) in [6, 6.07) is 3.00. The van der Waals surface area contributed by atoms with Gasteiger partial charge in [-0.15, -0.1) is 0 Å². The molecule has 0 saturated heterocycles. The molecule has 2 aromatic rings. The summed E-state index contributed by atoms with van der Waals surface area (Å²) in [6.07, 6.45) is 1.34. The number of aryl methyl sites for hydroxylation is 1. The number of esters is 1. The van der Waals surface area contributed by atoms with E-state index in [2.05, 4.69) is 10.3 Å². The summed E-state index contributed by atoms with van der Waals surface area (Å²) in [5.74, 6) is -1.86. The van der Waals surface area contributed by atoms with Gasteiger partial charge >= 0.3 is 5.97 Å². The number of hydrogen-bond acceptors (Lipinski definition) is 6. The van der Waals surface area contributed by atoms with Crippen LogP contribution >= 0.6 is 0 Å². The van der Waals surface area contributed by atoms with E-state index in [0.717, 1.165) is 0 Å². The normalized spacial score (nSPS) is 10.4. The first-order valence-corrected chi connectivity index (χ1v) is 7.52. The monoisotopic (exact) mass is 346 g/mol. The van der Waals surface area contributed by atoms with E-state index in [4.69, 9.17) is 9.15 Å². The molecule has 2 aromatic heterocycles. The van der Waals surface area contributed by atoms with E-state index >= 15 is 0 Å². The van der Waals surface area contributed by atoms with Crippen molar-refractivity contribution in [3.63, 3.8) is 0 Å². The summed E-state index contributed by atoms with van der Waals surface area (Å²) < 4.78 is 9.73. The molecule has 2 heterocycles. The first-order valence-electron chi connectivity index (χ1n) is 7.52. The van der Waals surface area contributed by atoms with Crippen LogP contribution in [0.25, 0.3) is 0 Å². The maximum Gasteiger partial charge on any atom is 0.325 e. The number of carbonyl (C=O) groups is 4. The van der Waals surface area contributed by atoms with E-state index in [-0.39, 0.29) is 17.2 Å². The first-order chi connectivity index (χ1) is 11.8. The molecule has 0 saturated carbocycles. The van der Waals surface area contributed by atoms with Crippen LogP contribution in [0, 0.1) is 13.8 Å². The van der Waals surface area contributed by atoms with Gasteiger partial charge in [0.15, 0.2) is 18.2 Å². The number of rotatable bonds is 7. The third-order valence-corrected chi connectivity index (χ3v) is 3.57. The van der Waals surface area contributed by atoms with E-state index in [1.807, 2.05) is 0 Å². The van der Waals surface area contributed by atoms with Gasteiger partial charge in [0.05, 0.1) is 12.0 Å². The third-order valence-electron chi connectivity index (χ3n) is 3.57. The molecule has 0 aliphatic rings. The number of H-pyrrole nitrogens is 1. The Balaban J connectivity index is 1.87. The number of furan rings is 1. The van der Waals surface area contributed by atoms with Crippen molar-refractivity contribution >= 4 is 23.4 Å². The van der Waals surface area contributed by atoms with Crippen LogP contribution in [0.5, 0.6) is 0 Å². The van der Waals surface area contributed by atoms with Gasteiger partial charge in [-0.05, 0) is 38.5 Å². The van der Waals surface area contributed by atoms with Gasteiger partial charge in [0.2, 0.25) is 5.78 Å². The van der Waals surface area contributed by atoms with Crippen molar-refractivity contribution < 1.29 is 28.3 Å². The highest BCUT2D eigenvalue weighted by Gasteiger charge is 2.21. The first kappa shape index (κ1) is 18.2. The maximum absolute atomic E-state index is 12.2. The molecule has 0 aromatic carbocycles. The fourth-order valence-corrected chi connectivity index (χ4v) is 2.47. The van der Waals surface area contributed by atoms with Crippen molar-refractivity contribution in [3.05, 3.63) is 46.7 Å². The predicted molar refractivity (Wildman–Crippen MR) is 86.6 cm³/mol. The highest BCUT2D eigenvalue weighted by molar-refractivity contribution is 6.04. The Hall–Kier alpha value is -3.16. The molecule has 2 rings (SSSR count). The van der Waals surface area contributed by atoms with Crippen LogP contribution in [0.4, 0.5) is 0 Å². The summed E-state index contributed by atoms with van der Waals surface area (Å²) >= 11 is 0.